The molecule has 1 heterocycles. The smallest absolute Gasteiger partial charge is 0.0942 e. The molecule has 2 nitrogen and oxygen atoms in total. The van der Waals surface area contributed by atoms with Crippen LogP contribution >= 0.6 is 0 Å². The Bertz CT molecular complexity index is 57.5. The van der Waals surface area contributed by atoms with Gasteiger partial charge in [0, 0.05) is 0 Å². The maximum absolute atomic E-state index is 10.7. The quantitative estimate of drug-likeness (QED) is 0.490. The Kier molecular flexibility index (Phi) is 2.30. The number of rotatable bonds is 0. The highest BCUT2D eigenvalue weighted by molar-refractivity contribution is 4.63. The van der Waals surface area contributed by atoms with Gasteiger partial charge in [-0.3, -0.25) is 0 Å². The first-order valence-corrected chi connectivity index (χ1v) is 3.26. The van der Waals surface area contributed by atoms with Crippen molar-refractivity contribution in [3.8, 4) is 0 Å². The van der Waals surface area contributed by atoms with Gasteiger partial charge in [0.15, 0.2) is 0 Å². The standard InChI is InChI=1S/C6H12NO/c8-6-2-1-4-7-5-3-6/h6-7H,1-5H2. The maximum atomic E-state index is 10.7. The van der Waals surface area contributed by atoms with Crippen molar-refractivity contribution >= 4 is 0 Å². The molecule has 1 aliphatic heterocycles. The Morgan fingerprint density at radius 2 is 2.12 bits per heavy atom. The van der Waals surface area contributed by atoms with E-state index in [1.807, 2.05) is 0 Å². The van der Waals surface area contributed by atoms with Crippen LogP contribution in [0.5, 0.6) is 0 Å². The second kappa shape index (κ2) is 3.05. The molecule has 1 unspecified atom stereocenters. The van der Waals surface area contributed by atoms with Crippen molar-refractivity contribution in [2.45, 2.75) is 25.4 Å². The molecule has 0 spiro atoms. The van der Waals surface area contributed by atoms with Crippen LogP contribution in [0.15, 0.2) is 0 Å². The van der Waals surface area contributed by atoms with E-state index in [1.165, 1.54) is 0 Å². The summed E-state index contributed by atoms with van der Waals surface area (Å²) in [6.07, 6.45) is 2.46. The second-order valence-electron chi connectivity index (χ2n) is 2.30. The fourth-order valence-electron chi connectivity index (χ4n) is 0.987. The van der Waals surface area contributed by atoms with Gasteiger partial charge in [-0.15, -0.1) is 0 Å². The van der Waals surface area contributed by atoms with E-state index in [0.29, 0.717) is 0 Å². The molecular formula is C6H12NO. The van der Waals surface area contributed by atoms with Crippen LogP contribution in [0.2, 0.25) is 0 Å². The van der Waals surface area contributed by atoms with E-state index in [1.54, 1.807) is 0 Å². The molecule has 1 atom stereocenters. The molecule has 0 amide bonds. The van der Waals surface area contributed by atoms with Crippen molar-refractivity contribution < 1.29 is 5.11 Å². The summed E-state index contributed by atoms with van der Waals surface area (Å²) in [7, 11) is 0. The summed E-state index contributed by atoms with van der Waals surface area (Å²) in [6.45, 7) is 1.97. The molecule has 0 saturated carbocycles. The van der Waals surface area contributed by atoms with E-state index < -0.39 is 0 Å². The molecule has 47 valence electrons. The third-order valence-electron chi connectivity index (χ3n) is 1.52. The van der Waals surface area contributed by atoms with Gasteiger partial charge < -0.3 is 5.32 Å². The van der Waals surface area contributed by atoms with E-state index >= 15 is 0 Å². The van der Waals surface area contributed by atoms with Crippen LogP contribution in [0.3, 0.4) is 0 Å². The van der Waals surface area contributed by atoms with Crippen molar-refractivity contribution in [1.82, 2.24) is 5.32 Å². The lowest BCUT2D eigenvalue weighted by Crippen LogP contribution is -2.14. The highest BCUT2D eigenvalue weighted by atomic mass is 16.3. The Balaban J connectivity index is 2.17. The molecule has 0 aliphatic carbocycles. The van der Waals surface area contributed by atoms with E-state index in [0.717, 1.165) is 32.4 Å². The zero-order valence-electron chi connectivity index (χ0n) is 5.02. The van der Waals surface area contributed by atoms with Crippen LogP contribution in [0, 0.1) is 0 Å². The SMILES string of the molecule is [O]C1CCCNCC1. The lowest BCUT2D eigenvalue weighted by Gasteiger charge is -1.98. The first-order valence-electron chi connectivity index (χ1n) is 3.26. The molecule has 1 rings (SSSR count). The summed E-state index contributed by atoms with van der Waals surface area (Å²) in [6, 6.07) is 0. The van der Waals surface area contributed by atoms with Gasteiger partial charge in [0.2, 0.25) is 0 Å². The molecule has 8 heavy (non-hydrogen) atoms. The monoisotopic (exact) mass is 114 g/mol. The average molecular weight is 114 g/mol. The summed E-state index contributed by atoms with van der Waals surface area (Å²) < 4.78 is 0. The lowest BCUT2D eigenvalue weighted by molar-refractivity contribution is 0.0786. The van der Waals surface area contributed by atoms with Gasteiger partial charge in [-0.05, 0) is 32.4 Å². The zero-order chi connectivity index (χ0) is 5.82. The largest absolute Gasteiger partial charge is 0.317 e. The van der Waals surface area contributed by atoms with E-state index in [-0.39, 0.29) is 6.10 Å². The minimum atomic E-state index is -0.287. The maximum Gasteiger partial charge on any atom is 0.0942 e. The Labute approximate surface area is 49.9 Å². The second-order valence-corrected chi connectivity index (χ2v) is 2.30. The van der Waals surface area contributed by atoms with Crippen LogP contribution in [0.4, 0.5) is 0 Å². The Morgan fingerprint density at radius 1 is 1.25 bits per heavy atom. The molecule has 0 aromatic carbocycles. The normalized spacial score (nSPS) is 31.9. The lowest BCUT2D eigenvalue weighted by atomic mass is 10.2. The third-order valence-corrected chi connectivity index (χ3v) is 1.52. The van der Waals surface area contributed by atoms with Crippen molar-refractivity contribution in [3.05, 3.63) is 0 Å². The average Bonchev–Trinajstić information content (AvgIpc) is 1.94. The van der Waals surface area contributed by atoms with Gasteiger partial charge in [0.05, 0.1) is 6.10 Å². The highest BCUT2D eigenvalue weighted by Crippen LogP contribution is 2.03. The third kappa shape index (κ3) is 1.80. The Morgan fingerprint density at radius 3 is 3.00 bits per heavy atom. The van der Waals surface area contributed by atoms with Gasteiger partial charge in [-0.2, -0.15) is 0 Å². The van der Waals surface area contributed by atoms with Gasteiger partial charge in [0.25, 0.3) is 0 Å². The minimum Gasteiger partial charge on any atom is -0.317 e. The fraction of sp³-hybridized carbons (Fsp3) is 1.00. The van der Waals surface area contributed by atoms with Crippen molar-refractivity contribution in [1.29, 1.82) is 0 Å². The van der Waals surface area contributed by atoms with Crippen molar-refractivity contribution in [2.24, 2.45) is 0 Å². The van der Waals surface area contributed by atoms with Gasteiger partial charge in [-0.25, -0.2) is 5.11 Å². The molecule has 0 bridgehead atoms. The van der Waals surface area contributed by atoms with Crippen molar-refractivity contribution in [2.75, 3.05) is 13.1 Å². The Hall–Kier alpha value is -0.0800. The molecule has 0 aromatic rings. The summed E-state index contributed by atoms with van der Waals surface area (Å²) in [5.41, 5.74) is 0. The molecule has 2 heteroatoms. The first kappa shape index (κ1) is 6.05. The molecular weight excluding hydrogens is 102 g/mol. The predicted octanol–water partition coefficient (Wildman–Crippen LogP) is 0.559. The van der Waals surface area contributed by atoms with Crippen molar-refractivity contribution in [3.63, 3.8) is 0 Å². The minimum absolute atomic E-state index is 0.287. The van der Waals surface area contributed by atoms with Crippen LogP contribution in [0.1, 0.15) is 19.3 Å². The predicted molar refractivity (Wildman–Crippen MR) is 31.2 cm³/mol. The highest BCUT2D eigenvalue weighted by Gasteiger charge is 2.07. The molecule has 1 saturated heterocycles. The summed E-state index contributed by atoms with van der Waals surface area (Å²) >= 11 is 0. The van der Waals surface area contributed by atoms with Gasteiger partial charge in [0.1, 0.15) is 0 Å². The topological polar surface area (TPSA) is 31.9 Å². The van der Waals surface area contributed by atoms with E-state index in [9.17, 15) is 5.11 Å². The van der Waals surface area contributed by atoms with Crippen LogP contribution in [0.25, 0.3) is 0 Å². The van der Waals surface area contributed by atoms with Crippen LogP contribution in [-0.4, -0.2) is 19.2 Å². The number of hydrogen-bond donors (Lipinski definition) is 1. The fourth-order valence-corrected chi connectivity index (χ4v) is 0.987. The summed E-state index contributed by atoms with van der Waals surface area (Å²) in [4.78, 5) is 0. The zero-order valence-corrected chi connectivity index (χ0v) is 5.02. The summed E-state index contributed by atoms with van der Waals surface area (Å²) in [5, 5.41) is 13.9. The molecule has 1 radical (unpaired) electrons. The molecule has 1 N–H and O–H groups in total. The molecule has 1 aliphatic rings. The molecule has 0 aromatic heterocycles. The first-order chi connectivity index (χ1) is 3.89. The number of nitrogens with one attached hydrogen (secondary N) is 1. The number of hydrogen-bond acceptors (Lipinski definition) is 1. The van der Waals surface area contributed by atoms with Crippen LogP contribution < -0.4 is 5.32 Å². The van der Waals surface area contributed by atoms with Gasteiger partial charge >= 0.3 is 0 Å². The van der Waals surface area contributed by atoms with Crippen LogP contribution in [-0.2, 0) is 5.11 Å². The van der Waals surface area contributed by atoms with E-state index in [4.69, 9.17) is 0 Å². The van der Waals surface area contributed by atoms with Gasteiger partial charge in [-0.1, -0.05) is 0 Å². The summed E-state index contributed by atoms with van der Waals surface area (Å²) in [5.74, 6) is 0. The van der Waals surface area contributed by atoms with E-state index in [2.05, 4.69) is 5.32 Å². The molecule has 1 fully saturated rings.